The van der Waals surface area contributed by atoms with Gasteiger partial charge in [-0.1, -0.05) is 0 Å². The van der Waals surface area contributed by atoms with Gasteiger partial charge in [0.15, 0.2) is 0 Å². The molecule has 0 aliphatic rings. The van der Waals surface area contributed by atoms with Crippen molar-refractivity contribution in [2.24, 2.45) is 0 Å². The Labute approximate surface area is 97.0 Å². The summed E-state index contributed by atoms with van der Waals surface area (Å²) < 4.78 is 35.2. The van der Waals surface area contributed by atoms with Gasteiger partial charge in [0.2, 0.25) is 0 Å². The molecule has 0 bridgehead atoms. The second-order valence-corrected chi connectivity index (χ2v) is 6.19. The molecule has 4 nitrogen and oxygen atoms in total. The number of rotatable bonds is 1. The summed E-state index contributed by atoms with van der Waals surface area (Å²) in [4.78, 5) is 5.69. The molecule has 8 heteroatoms. The van der Waals surface area contributed by atoms with Crippen LogP contribution in [0.1, 0.15) is 0 Å². The maximum Gasteiger partial charge on any atom is 0.287 e. The van der Waals surface area contributed by atoms with E-state index < -0.39 is 15.1 Å². The molecular formula is C7H3BrClFN2O2S. The van der Waals surface area contributed by atoms with Gasteiger partial charge in [-0.2, -0.15) is 4.39 Å². The third-order valence-corrected chi connectivity index (χ3v) is 3.70. The van der Waals surface area contributed by atoms with Gasteiger partial charge in [0.1, 0.15) is 5.52 Å². The normalized spacial score (nSPS) is 12.2. The number of hydrogen-bond donors (Lipinski definition) is 1. The third kappa shape index (κ3) is 1.99. The van der Waals surface area contributed by atoms with E-state index in [1.165, 1.54) is 12.1 Å². The van der Waals surface area contributed by atoms with E-state index in [0.717, 1.165) is 0 Å². The van der Waals surface area contributed by atoms with Crippen LogP contribution >= 0.6 is 26.6 Å². The number of aromatic amines is 1. The van der Waals surface area contributed by atoms with Crippen LogP contribution in [0.2, 0.25) is 0 Å². The van der Waals surface area contributed by atoms with E-state index >= 15 is 0 Å². The van der Waals surface area contributed by atoms with Gasteiger partial charge in [-0.25, -0.2) is 13.4 Å². The van der Waals surface area contributed by atoms with Crippen molar-refractivity contribution >= 4 is 46.7 Å². The van der Waals surface area contributed by atoms with Crippen LogP contribution in [0, 0.1) is 6.08 Å². The SMILES string of the molecule is O=S(=O)(Cl)c1cc(Br)c2nc(F)[nH]c2c1. The summed E-state index contributed by atoms with van der Waals surface area (Å²) >= 11 is 3.08. The zero-order chi connectivity index (χ0) is 11.2. The molecule has 1 heterocycles. The van der Waals surface area contributed by atoms with Crippen LogP contribution in [0.4, 0.5) is 4.39 Å². The summed E-state index contributed by atoms with van der Waals surface area (Å²) in [5.41, 5.74) is 0.581. The van der Waals surface area contributed by atoms with E-state index in [0.29, 0.717) is 9.99 Å². The number of imidazole rings is 1. The largest absolute Gasteiger partial charge is 0.314 e. The van der Waals surface area contributed by atoms with Gasteiger partial charge in [-0.15, -0.1) is 0 Å². The molecule has 0 fully saturated rings. The highest BCUT2D eigenvalue weighted by molar-refractivity contribution is 9.10. The summed E-state index contributed by atoms with van der Waals surface area (Å²) in [5.74, 6) is 0. The van der Waals surface area contributed by atoms with Crippen molar-refractivity contribution in [3.63, 3.8) is 0 Å². The Morgan fingerprint density at radius 1 is 1.47 bits per heavy atom. The molecule has 0 aliphatic carbocycles. The van der Waals surface area contributed by atoms with E-state index in [9.17, 15) is 12.8 Å². The summed E-state index contributed by atoms with van der Waals surface area (Å²) in [6.45, 7) is 0. The Balaban J connectivity index is 2.84. The minimum atomic E-state index is -3.84. The molecule has 0 spiro atoms. The lowest BCUT2D eigenvalue weighted by Gasteiger charge is -1.97. The molecular weight excluding hydrogens is 311 g/mol. The van der Waals surface area contributed by atoms with Crippen molar-refractivity contribution in [1.29, 1.82) is 0 Å². The zero-order valence-corrected chi connectivity index (χ0v) is 10.1. The van der Waals surface area contributed by atoms with Crippen LogP contribution in [-0.2, 0) is 9.05 Å². The molecule has 0 atom stereocenters. The predicted octanol–water partition coefficient (Wildman–Crippen LogP) is 2.39. The van der Waals surface area contributed by atoms with Crippen molar-refractivity contribution in [2.75, 3.05) is 0 Å². The summed E-state index contributed by atoms with van der Waals surface area (Å²) in [6.07, 6.45) is -0.783. The lowest BCUT2D eigenvalue weighted by atomic mass is 10.3. The first kappa shape index (κ1) is 10.8. The number of nitrogens with zero attached hydrogens (tertiary/aromatic N) is 1. The number of aromatic nitrogens is 2. The van der Waals surface area contributed by atoms with Crippen molar-refractivity contribution < 1.29 is 12.8 Å². The maximum atomic E-state index is 12.8. The van der Waals surface area contributed by atoms with E-state index in [2.05, 4.69) is 25.9 Å². The summed E-state index contributed by atoms with van der Waals surface area (Å²) in [5, 5.41) is 0. The Morgan fingerprint density at radius 3 is 2.73 bits per heavy atom. The fourth-order valence-corrected chi connectivity index (χ4v) is 2.65. The molecule has 0 unspecified atom stereocenters. The van der Waals surface area contributed by atoms with Crippen LogP contribution in [-0.4, -0.2) is 18.4 Å². The van der Waals surface area contributed by atoms with Crippen LogP contribution in [0.3, 0.4) is 0 Å². The topological polar surface area (TPSA) is 62.8 Å². The van der Waals surface area contributed by atoms with E-state index in [1.807, 2.05) is 0 Å². The minimum absolute atomic E-state index is 0.118. The quantitative estimate of drug-likeness (QED) is 0.822. The predicted molar refractivity (Wildman–Crippen MR) is 56.8 cm³/mol. The molecule has 1 aromatic carbocycles. The first-order valence-electron chi connectivity index (χ1n) is 3.67. The average molecular weight is 314 g/mol. The van der Waals surface area contributed by atoms with Crippen LogP contribution in [0.25, 0.3) is 11.0 Å². The van der Waals surface area contributed by atoms with Gasteiger partial charge in [0, 0.05) is 15.2 Å². The second kappa shape index (κ2) is 3.43. The highest BCUT2D eigenvalue weighted by Crippen LogP contribution is 2.27. The Bertz CT molecular complexity index is 640. The fourth-order valence-electron chi connectivity index (χ4n) is 1.16. The van der Waals surface area contributed by atoms with E-state index in [4.69, 9.17) is 10.7 Å². The third-order valence-electron chi connectivity index (χ3n) is 1.77. The van der Waals surface area contributed by atoms with Crippen molar-refractivity contribution in [1.82, 2.24) is 9.97 Å². The standard InChI is InChI=1S/C7H3BrClFN2O2S/c8-4-1-3(15(9,13)14)2-5-6(4)12-7(10)11-5/h1-2H,(H,11,12). The Morgan fingerprint density at radius 2 is 2.13 bits per heavy atom. The van der Waals surface area contributed by atoms with Gasteiger partial charge >= 0.3 is 0 Å². The second-order valence-electron chi connectivity index (χ2n) is 2.77. The minimum Gasteiger partial charge on any atom is -0.314 e. The van der Waals surface area contributed by atoms with Crippen LogP contribution in [0.15, 0.2) is 21.5 Å². The van der Waals surface area contributed by atoms with Gasteiger partial charge in [0.25, 0.3) is 15.1 Å². The van der Waals surface area contributed by atoms with Crippen molar-refractivity contribution in [3.8, 4) is 0 Å². The number of halogens is 3. The number of benzene rings is 1. The first-order valence-corrected chi connectivity index (χ1v) is 6.77. The fraction of sp³-hybridized carbons (Fsp3) is 0. The molecule has 80 valence electrons. The molecule has 15 heavy (non-hydrogen) atoms. The van der Waals surface area contributed by atoms with Gasteiger partial charge in [-0.05, 0) is 28.1 Å². The van der Waals surface area contributed by atoms with Crippen molar-refractivity contribution in [3.05, 3.63) is 22.7 Å². The van der Waals surface area contributed by atoms with Gasteiger partial charge in [-0.3, -0.25) is 0 Å². The summed E-state index contributed by atoms with van der Waals surface area (Å²) in [6, 6.07) is 2.49. The number of hydrogen-bond acceptors (Lipinski definition) is 3. The van der Waals surface area contributed by atoms with E-state index in [1.54, 1.807) is 0 Å². The van der Waals surface area contributed by atoms with Crippen LogP contribution < -0.4 is 0 Å². The first-order chi connectivity index (χ1) is 6.88. The molecule has 1 aromatic heterocycles. The molecule has 0 aliphatic heterocycles. The molecule has 2 aromatic rings. The molecule has 0 saturated heterocycles. The Kier molecular flexibility index (Phi) is 2.48. The van der Waals surface area contributed by atoms with Gasteiger partial charge in [0.05, 0.1) is 10.4 Å². The molecule has 1 N–H and O–H groups in total. The lowest BCUT2D eigenvalue weighted by molar-refractivity contribution is 0.556. The van der Waals surface area contributed by atoms with Crippen molar-refractivity contribution in [2.45, 2.75) is 4.90 Å². The highest BCUT2D eigenvalue weighted by atomic mass is 79.9. The number of nitrogens with one attached hydrogen (secondary N) is 1. The smallest absolute Gasteiger partial charge is 0.287 e. The average Bonchev–Trinajstić information content (AvgIpc) is 2.44. The molecule has 0 radical (unpaired) electrons. The molecule has 0 amide bonds. The highest BCUT2D eigenvalue weighted by Gasteiger charge is 2.15. The lowest BCUT2D eigenvalue weighted by Crippen LogP contribution is -1.90. The number of fused-ring (bicyclic) bond motifs is 1. The molecule has 0 saturated carbocycles. The maximum absolute atomic E-state index is 12.8. The van der Waals surface area contributed by atoms with E-state index in [-0.39, 0.29) is 10.4 Å². The Hall–Kier alpha value is -0.660. The monoisotopic (exact) mass is 312 g/mol. The summed E-state index contributed by atoms with van der Waals surface area (Å²) in [7, 11) is 1.33. The zero-order valence-electron chi connectivity index (χ0n) is 6.96. The molecule has 2 rings (SSSR count). The number of H-pyrrole nitrogens is 1. The van der Waals surface area contributed by atoms with Gasteiger partial charge < -0.3 is 4.98 Å². The van der Waals surface area contributed by atoms with Crippen LogP contribution in [0.5, 0.6) is 0 Å².